The Labute approximate surface area is 131 Å². The number of hydrogen-bond acceptors (Lipinski definition) is 3. The van der Waals surface area contributed by atoms with Crippen molar-refractivity contribution in [1.82, 2.24) is 10.3 Å². The summed E-state index contributed by atoms with van der Waals surface area (Å²) in [6, 6.07) is 9.47. The highest BCUT2D eigenvalue weighted by atomic mass is 32.1. The Hall–Kier alpha value is -1.19. The maximum atomic E-state index is 4.50. The van der Waals surface area contributed by atoms with Crippen molar-refractivity contribution in [2.45, 2.75) is 45.1 Å². The highest BCUT2D eigenvalue weighted by Gasteiger charge is 2.27. The van der Waals surface area contributed by atoms with E-state index in [2.05, 4.69) is 46.9 Å². The molecule has 0 aliphatic heterocycles. The Bertz CT molecular complexity index is 550. The van der Waals surface area contributed by atoms with Crippen molar-refractivity contribution in [1.29, 1.82) is 0 Å². The van der Waals surface area contributed by atoms with Gasteiger partial charge in [0.15, 0.2) is 0 Å². The van der Waals surface area contributed by atoms with E-state index in [4.69, 9.17) is 0 Å². The van der Waals surface area contributed by atoms with Gasteiger partial charge in [0.05, 0.1) is 5.01 Å². The second kappa shape index (κ2) is 7.19. The van der Waals surface area contributed by atoms with Gasteiger partial charge in [-0.2, -0.15) is 0 Å². The third-order valence-corrected chi connectivity index (χ3v) is 5.22. The summed E-state index contributed by atoms with van der Waals surface area (Å²) in [4.78, 5) is 4.50. The summed E-state index contributed by atoms with van der Waals surface area (Å²) in [6.07, 6.45) is 8.01. The molecule has 0 radical (unpaired) electrons. The number of fused-ring (bicyclic) bond motifs is 1. The number of aromatic nitrogens is 1. The molecule has 0 saturated carbocycles. The molecule has 21 heavy (non-hydrogen) atoms. The lowest BCUT2D eigenvalue weighted by molar-refractivity contribution is 0.341. The van der Waals surface area contributed by atoms with Crippen molar-refractivity contribution in [3.05, 3.63) is 52.0 Å². The summed E-state index contributed by atoms with van der Waals surface area (Å²) in [5.74, 6) is 0.659. The summed E-state index contributed by atoms with van der Waals surface area (Å²) >= 11 is 1.79. The molecular weight excluding hydrogens is 276 g/mol. The molecule has 0 amide bonds. The van der Waals surface area contributed by atoms with Gasteiger partial charge in [-0.15, -0.1) is 11.3 Å². The van der Waals surface area contributed by atoms with Gasteiger partial charge in [-0.05, 0) is 49.3 Å². The molecule has 0 bridgehead atoms. The molecule has 0 fully saturated rings. The average molecular weight is 300 g/mol. The number of nitrogens with one attached hydrogen (secondary N) is 1. The first-order valence-corrected chi connectivity index (χ1v) is 8.96. The second-order valence-corrected chi connectivity index (χ2v) is 6.89. The first-order valence-electron chi connectivity index (χ1n) is 8.08. The van der Waals surface area contributed by atoms with E-state index < -0.39 is 0 Å². The number of hydrogen-bond donors (Lipinski definition) is 1. The van der Waals surface area contributed by atoms with Crippen LogP contribution in [0.15, 0.2) is 35.8 Å². The van der Waals surface area contributed by atoms with E-state index in [1.807, 2.05) is 6.20 Å². The van der Waals surface area contributed by atoms with Crippen molar-refractivity contribution < 1.29 is 0 Å². The van der Waals surface area contributed by atoms with Gasteiger partial charge in [0.2, 0.25) is 0 Å². The van der Waals surface area contributed by atoms with Gasteiger partial charge in [-0.3, -0.25) is 0 Å². The van der Waals surface area contributed by atoms with E-state index in [9.17, 15) is 0 Å². The lowest BCUT2D eigenvalue weighted by Crippen LogP contribution is -2.30. The molecule has 2 unspecified atom stereocenters. The Morgan fingerprint density at radius 3 is 3.05 bits per heavy atom. The molecule has 112 valence electrons. The van der Waals surface area contributed by atoms with Crippen molar-refractivity contribution in [3.8, 4) is 0 Å². The molecule has 3 heteroatoms. The number of thiazole rings is 1. The van der Waals surface area contributed by atoms with Crippen LogP contribution in [0.3, 0.4) is 0 Å². The van der Waals surface area contributed by atoms with Crippen LogP contribution in [-0.2, 0) is 12.8 Å². The van der Waals surface area contributed by atoms with Gasteiger partial charge in [0.1, 0.15) is 0 Å². The average Bonchev–Trinajstić information content (AvgIpc) is 2.95. The van der Waals surface area contributed by atoms with Gasteiger partial charge < -0.3 is 5.32 Å². The molecular formula is C18H24N2S. The van der Waals surface area contributed by atoms with E-state index in [0.29, 0.717) is 12.0 Å². The molecule has 1 aliphatic rings. The van der Waals surface area contributed by atoms with E-state index in [1.165, 1.54) is 41.8 Å². The molecule has 0 spiro atoms. The van der Waals surface area contributed by atoms with E-state index >= 15 is 0 Å². The predicted molar refractivity (Wildman–Crippen MR) is 89.7 cm³/mol. The number of aryl methyl sites for hydroxylation is 1. The zero-order valence-corrected chi connectivity index (χ0v) is 13.5. The van der Waals surface area contributed by atoms with E-state index in [0.717, 1.165) is 13.0 Å². The molecule has 3 rings (SSSR count). The fourth-order valence-electron chi connectivity index (χ4n) is 3.42. The van der Waals surface area contributed by atoms with Gasteiger partial charge in [0.25, 0.3) is 0 Å². The lowest BCUT2D eigenvalue weighted by Gasteiger charge is -2.27. The number of benzene rings is 1. The lowest BCUT2D eigenvalue weighted by atomic mass is 9.88. The summed E-state index contributed by atoms with van der Waals surface area (Å²) < 4.78 is 0. The Morgan fingerprint density at radius 2 is 2.24 bits per heavy atom. The summed E-state index contributed by atoms with van der Waals surface area (Å²) in [5.41, 5.74) is 3.05. The summed E-state index contributed by atoms with van der Waals surface area (Å²) in [6.45, 7) is 3.33. The van der Waals surface area contributed by atoms with Crippen LogP contribution in [-0.4, -0.2) is 11.5 Å². The van der Waals surface area contributed by atoms with Crippen LogP contribution in [0, 0.1) is 5.92 Å². The molecule has 1 heterocycles. The number of nitrogens with zero attached hydrogens (tertiary/aromatic N) is 1. The second-order valence-electron chi connectivity index (χ2n) is 5.91. The minimum absolute atomic E-state index is 0.479. The molecule has 1 aromatic carbocycles. The molecule has 1 N–H and O–H groups in total. The summed E-state index contributed by atoms with van der Waals surface area (Å²) in [5, 5.41) is 7.18. The van der Waals surface area contributed by atoms with Gasteiger partial charge in [0, 0.05) is 24.0 Å². The molecule has 1 aliphatic carbocycles. The number of rotatable bonds is 5. The monoisotopic (exact) mass is 300 g/mol. The molecule has 1 aromatic heterocycles. The normalized spacial score (nSPS) is 21.8. The third-order valence-electron chi connectivity index (χ3n) is 4.42. The van der Waals surface area contributed by atoms with Crippen molar-refractivity contribution in [3.63, 3.8) is 0 Å². The van der Waals surface area contributed by atoms with Crippen LogP contribution in [0.4, 0.5) is 0 Å². The highest BCUT2D eigenvalue weighted by Crippen LogP contribution is 2.35. The fraction of sp³-hybridized carbons (Fsp3) is 0.500. The highest BCUT2D eigenvalue weighted by molar-refractivity contribution is 7.09. The van der Waals surface area contributed by atoms with Crippen molar-refractivity contribution in [2.75, 3.05) is 6.54 Å². The first-order chi connectivity index (χ1) is 10.4. The quantitative estimate of drug-likeness (QED) is 0.829. The standard InChI is InChI=1S/C18H24N2S/c1-2-10-20-18-15(13-17-19-11-12-21-17)8-5-7-14-6-3-4-9-16(14)18/h3-4,6,9,11-12,15,18,20H,2,5,7-8,10,13H2,1H3. The van der Waals surface area contributed by atoms with Crippen LogP contribution in [0.2, 0.25) is 0 Å². The largest absolute Gasteiger partial charge is 0.310 e. The Balaban J connectivity index is 1.86. The molecule has 2 aromatic rings. The molecule has 0 saturated heterocycles. The maximum Gasteiger partial charge on any atom is 0.0928 e. The molecule has 2 nitrogen and oxygen atoms in total. The van der Waals surface area contributed by atoms with Gasteiger partial charge in [-0.25, -0.2) is 4.98 Å². The van der Waals surface area contributed by atoms with Crippen LogP contribution in [0.25, 0.3) is 0 Å². The van der Waals surface area contributed by atoms with Crippen LogP contribution < -0.4 is 5.32 Å². The van der Waals surface area contributed by atoms with E-state index in [-0.39, 0.29) is 0 Å². The van der Waals surface area contributed by atoms with E-state index in [1.54, 1.807) is 11.3 Å². The SMILES string of the molecule is CCCNC1c2ccccc2CCCC1Cc1nccs1. The zero-order chi connectivity index (χ0) is 14.5. The van der Waals surface area contributed by atoms with Gasteiger partial charge in [-0.1, -0.05) is 31.2 Å². The van der Waals surface area contributed by atoms with Crippen LogP contribution >= 0.6 is 11.3 Å². The maximum absolute atomic E-state index is 4.50. The summed E-state index contributed by atoms with van der Waals surface area (Å²) in [7, 11) is 0. The topological polar surface area (TPSA) is 24.9 Å². The van der Waals surface area contributed by atoms with Crippen molar-refractivity contribution >= 4 is 11.3 Å². The fourth-order valence-corrected chi connectivity index (χ4v) is 4.13. The molecule has 2 atom stereocenters. The van der Waals surface area contributed by atoms with Crippen LogP contribution in [0.1, 0.15) is 48.4 Å². The Kier molecular flexibility index (Phi) is 5.04. The first kappa shape index (κ1) is 14.7. The minimum Gasteiger partial charge on any atom is -0.310 e. The predicted octanol–water partition coefficient (Wildman–Crippen LogP) is 4.38. The van der Waals surface area contributed by atoms with Gasteiger partial charge >= 0.3 is 0 Å². The Morgan fingerprint density at radius 1 is 1.33 bits per heavy atom. The van der Waals surface area contributed by atoms with Crippen molar-refractivity contribution in [2.24, 2.45) is 5.92 Å². The smallest absolute Gasteiger partial charge is 0.0928 e. The zero-order valence-electron chi connectivity index (χ0n) is 12.7. The van der Waals surface area contributed by atoms with Crippen LogP contribution in [0.5, 0.6) is 0 Å². The minimum atomic E-state index is 0.479. The third kappa shape index (κ3) is 3.53.